The summed E-state index contributed by atoms with van der Waals surface area (Å²) >= 11 is 5.90. The first kappa shape index (κ1) is 15.2. The normalized spacial score (nSPS) is 15.8. The maximum Gasteiger partial charge on any atom is 0.235 e. The summed E-state index contributed by atoms with van der Waals surface area (Å²) in [6.07, 6.45) is 1.72. The Morgan fingerprint density at radius 1 is 1.00 bits per heavy atom. The predicted octanol–water partition coefficient (Wildman–Crippen LogP) is 2.32. The molecule has 0 saturated heterocycles. The minimum Gasteiger partial charge on any atom is -0.492 e. The van der Waals surface area contributed by atoms with Gasteiger partial charge in [0.2, 0.25) is 5.88 Å². The highest BCUT2D eigenvalue weighted by Crippen LogP contribution is 2.38. The molecule has 4 rings (SSSR count). The summed E-state index contributed by atoms with van der Waals surface area (Å²) < 4.78 is 0. The minimum atomic E-state index is 0. The van der Waals surface area contributed by atoms with Crippen LogP contribution in [0.2, 0.25) is 5.02 Å². The van der Waals surface area contributed by atoms with Gasteiger partial charge in [-0.25, -0.2) is 10.0 Å². The third kappa shape index (κ3) is 2.29. The van der Waals surface area contributed by atoms with E-state index in [9.17, 15) is 5.11 Å². The Balaban J connectivity index is 0.00000156. The fourth-order valence-corrected chi connectivity index (χ4v) is 2.70. The van der Waals surface area contributed by atoms with Crippen molar-refractivity contribution in [1.29, 1.82) is 0 Å². The van der Waals surface area contributed by atoms with Gasteiger partial charge in [-0.1, -0.05) is 29.8 Å². The Hall–Kier alpha value is -2.67. The molecule has 117 valence electrons. The zero-order chi connectivity index (χ0) is 15.3. The highest BCUT2D eigenvalue weighted by Gasteiger charge is 2.35. The largest absolute Gasteiger partial charge is 0.492 e. The molecule has 2 aliphatic heterocycles. The lowest BCUT2D eigenvalue weighted by atomic mass is 10.0. The summed E-state index contributed by atoms with van der Waals surface area (Å²) in [7, 11) is 0. The van der Waals surface area contributed by atoms with Gasteiger partial charge in [-0.05, 0) is 41.9 Å². The van der Waals surface area contributed by atoms with Crippen molar-refractivity contribution in [3.05, 3.63) is 76.8 Å². The van der Waals surface area contributed by atoms with Gasteiger partial charge < -0.3 is 16.3 Å². The first-order chi connectivity index (χ1) is 10.6. The highest BCUT2D eigenvalue weighted by atomic mass is 35.5. The second kappa shape index (κ2) is 5.51. The number of anilines is 2. The number of nitrogens with zero attached hydrogens (tertiary/aromatic N) is 3. The van der Waals surface area contributed by atoms with Gasteiger partial charge in [0.1, 0.15) is 5.70 Å². The topological polar surface area (TPSA) is 98.3 Å². The number of aliphatic hydroxyl groups excluding tert-OH is 1. The van der Waals surface area contributed by atoms with E-state index in [1.165, 1.54) is 5.01 Å². The summed E-state index contributed by atoms with van der Waals surface area (Å²) in [6.45, 7) is 0. The molecule has 0 spiro atoms. The minimum absolute atomic E-state index is 0. The van der Waals surface area contributed by atoms with Crippen LogP contribution in [0.25, 0.3) is 5.70 Å². The predicted molar refractivity (Wildman–Crippen MR) is 90.4 cm³/mol. The van der Waals surface area contributed by atoms with Crippen LogP contribution in [0.4, 0.5) is 11.4 Å². The molecule has 23 heavy (non-hydrogen) atoms. The maximum atomic E-state index is 10.5. The van der Waals surface area contributed by atoms with Gasteiger partial charge in [0.25, 0.3) is 0 Å². The number of allylic oxidation sites excluding steroid dienone is 1. The molecule has 0 bridgehead atoms. The number of rotatable bonds is 1. The zero-order valence-electron chi connectivity index (χ0n) is 11.9. The van der Waals surface area contributed by atoms with Gasteiger partial charge in [0.15, 0.2) is 0 Å². The van der Waals surface area contributed by atoms with Crippen LogP contribution in [0.15, 0.2) is 66.2 Å². The second-order valence-corrected chi connectivity index (χ2v) is 5.45. The molecule has 0 fully saturated rings. The Morgan fingerprint density at radius 3 is 2.43 bits per heavy atom. The van der Waals surface area contributed by atoms with Gasteiger partial charge in [-0.15, -0.1) is 0 Å². The monoisotopic (exact) mass is 329 g/mol. The fraction of sp³-hybridized carbons (Fsp3) is 0. The number of hydrogen-bond acceptors (Lipinski definition) is 4. The number of aliphatic hydroxyl groups is 1. The molecule has 7 heteroatoms. The van der Waals surface area contributed by atoms with Gasteiger partial charge >= 0.3 is 0 Å². The molecular weight excluding hydrogens is 316 g/mol. The van der Waals surface area contributed by atoms with Crippen LogP contribution < -0.4 is 21.3 Å². The fourth-order valence-electron chi connectivity index (χ4n) is 2.57. The molecule has 0 amide bonds. The van der Waals surface area contributed by atoms with E-state index in [-0.39, 0.29) is 11.4 Å². The maximum absolute atomic E-state index is 10.5. The van der Waals surface area contributed by atoms with Gasteiger partial charge in [0.05, 0.1) is 11.4 Å². The van der Waals surface area contributed by atoms with Crippen molar-refractivity contribution in [1.82, 2.24) is 5.53 Å². The van der Waals surface area contributed by atoms with Gasteiger partial charge in [-0.2, -0.15) is 0 Å². The number of nitrogens with two attached hydrogens (primary N) is 1. The molecule has 0 aromatic heterocycles. The zero-order valence-corrected chi connectivity index (χ0v) is 12.7. The SMILES string of the molecule is NC1=CC2=C(O)N(c3ccc(Cl)cc3)[N]N2c2ccccc21.O. The van der Waals surface area contributed by atoms with E-state index < -0.39 is 0 Å². The van der Waals surface area contributed by atoms with Crippen LogP contribution in [0, 0.1) is 0 Å². The lowest BCUT2D eigenvalue weighted by molar-refractivity contribution is 0.387. The average Bonchev–Trinajstić information content (AvgIpc) is 2.86. The molecule has 0 aliphatic carbocycles. The van der Waals surface area contributed by atoms with Crippen LogP contribution in [0.3, 0.4) is 0 Å². The lowest BCUT2D eigenvalue weighted by Crippen LogP contribution is -2.36. The molecule has 2 aromatic rings. The van der Waals surface area contributed by atoms with Crippen LogP contribution in [-0.2, 0) is 0 Å². The Labute approximate surface area is 137 Å². The molecule has 0 atom stereocenters. The molecule has 5 N–H and O–H groups in total. The first-order valence-electron chi connectivity index (χ1n) is 6.72. The molecular formula is C16H14ClN4O2. The average molecular weight is 330 g/mol. The van der Waals surface area contributed by atoms with Crippen molar-refractivity contribution >= 4 is 28.7 Å². The van der Waals surface area contributed by atoms with E-state index in [0.717, 1.165) is 11.3 Å². The van der Waals surface area contributed by atoms with Crippen molar-refractivity contribution in [3.63, 3.8) is 0 Å². The number of hydrogen-bond donors (Lipinski definition) is 2. The summed E-state index contributed by atoms with van der Waals surface area (Å²) in [5, 5.41) is 14.2. The van der Waals surface area contributed by atoms with E-state index in [2.05, 4.69) is 5.53 Å². The quantitative estimate of drug-likeness (QED) is 0.838. The molecule has 1 radical (unpaired) electrons. The van der Waals surface area contributed by atoms with Crippen molar-refractivity contribution in [2.24, 2.45) is 5.73 Å². The van der Waals surface area contributed by atoms with Crippen molar-refractivity contribution in [2.45, 2.75) is 0 Å². The van der Waals surface area contributed by atoms with Gasteiger partial charge in [0, 0.05) is 16.3 Å². The first-order valence-corrected chi connectivity index (χ1v) is 7.10. The molecule has 2 aromatic carbocycles. The Bertz CT molecular complexity index is 817. The molecule has 0 unspecified atom stereocenters. The van der Waals surface area contributed by atoms with Crippen LogP contribution in [0.5, 0.6) is 0 Å². The van der Waals surface area contributed by atoms with Gasteiger partial charge in [-0.3, -0.25) is 0 Å². The summed E-state index contributed by atoms with van der Waals surface area (Å²) in [5.41, 5.74) is 14.1. The lowest BCUT2D eigenvalue weighted by Gasteiger charge is -2.25. The number of para-hydroxylation sites is 1. The van der Waals surface area contributed by atoms with E-state index in [0.29, 0.717) is 22.1 Å². The van der Waals surface area contributed by atoms with Crippen LogP contribution in [-0.4, -0.2) is 10.6 Å². The smallest absolute Gasteiger partial charge is 0.235 e. The van der Waals surface area contributed by atoms with E-state index >= 15 is 0 Å². The van der Waals surface area contributed by atoms with Crippen LogP contribution in [0.1, 0.15) is 5.56 Å². The highest BCUT2D eigenvalue weighted by molar-refractivity contribution is 6.30. The molecule has 2 heterocycles. The number of benzene rings is 2. The number of halogens is 1. The molecule has 2 aliphatic rings. The van der Waals surface area contributed by atoms with E-state index in [4.69, 9.17) is 17.3 Å². The number of fused-ring (bicyclic) bond motifs is 3. The molecule has 6 nitrogen and oxygen atoms in total. The van der Waals surface area contributed by atoms with Crippen molar-refractivity contribution in [3.8, 4) is 0 Å². The third-order valence-electron chi connectivity index (χ3n) is 3.64. The molecule has 0 saturated carbocycles. The summed E-state index contributed by atoms with van der Waals surface area (Å²) in [5.74, 6) is 0.0276. The summed E-state index contributed by atoms with van der Waals surface area (Å²) in [4.78, 5) is 0. The summed E-state index contributed by atoms with van der Waals surface area (Å²) in [6, 6.07) is 14.8. The Kier molecular flexibility index (Phi) is 3.65. The van der Waals surface area contributed by atoms with Crippen molar-refractivity contribution in [2.75, 3.05) is 10.0 Å². The van der Waals surface area contributed by atoms with E-state index in [1.807, 2.05) is 24.3 Å². The standard InChI is InChI=1S/C16H12ClN4O.H2O/c17-10-5-7-11(8-6-10)20-16(22)15-9-13(18)12-3-1-2-4-14(12)21(15)19-20;/h1-9,22H,18H2;1H2. The van der Waals surface area contributed by atoms with E-state index in [1.54, 1.807) is 35.4 Å². The Morgan fingerprint density at radius 2 is 1.70 bits per heavy atom. The second-order valence-electron chi connectivity index (χ2n) is 5.02. The van der Waals surface area contributed by atoms with Crippen LogP contribution >= 0.6 is 11.6 Å². The van der Waals surface area contributed by atoms with Crippen molar-refractivity contribution < 1.29 is 10.6 Å². The third-order valence-corrected chi connectivity index (χ3v) is 3.90.